The number of hydrogen-bond acceptors (Lipinski definition) is 6. The third-order valence-electron chi connectivity index (χ3n) is 4.15. The minimum atomic E-state index is -3.70. The second-order valence-corrected chi connectivity index (χ2v) is 7.60. The largest absolute Gasteiger partial charge is 0.392 e. The molecule has 0 spiro atoms. The molecule has 1 N–H and O–H groups in total. The summed E-state index contributed by atoms with van der Waals surface area (Å²) in [5, 5.41) is 14.3. The predicted molar refractivity (Wildman–Crippen MR) is 79.8 cm³/mol. The summed E-state index contributed by atoms with van der Waals surface area (Å²) >= 11 is 0. The van der Waals surface area contributed by atoms with E-state index in [-0.39, 0.29) is 4.90 Å². The highest BCUT2D eigenvalue weighted by atomic mass is 32.2. The van der Waals surface area contributed by atoms with Crippen LogP contribution in [0.3, 0.4) is 0 Å². The molecule has 1 aliphatic heterocycles. The zero-order valence-corrected chi connectivity index (χ0v) is 13.4. The highest BCUT2D eigenvalue weighted by Gasteiger charge is 2.36. The summed E-state index contributed by atoms with van der Waals surface area (Å²) in [5.74, 6) is 0. The second kappa shape index (κ2) is 5.60. The molecule has 0 aliphatic carbocycles. The van der Waals surface area contributed by atoms with E-state index in [9.17, 15) is 13.5 Å². The number of fused-ring (bicyclic) bond motifs is 1. The first-order chi connectivity index (χ1) is 10.4. The number of nitrogens with zero attached hydrogens (tertiary/aromatic N) is 3. The summed E-state index contributed by atoms with van der Waals surface area (Å²) in [6.45, 7) is 3.78. The van der Waals surface area contributed by atoms with Crippen molar-refractivity contribution in [2.24, 2.45) is 0 Å². The normalized spacial score (nSPS) is 22.0. The summed E-state index contributed by atoms with van der Waals surface area (Å²) in [6.07, 6.45) is 2.97. The van der Waals surface area contributed by atoms with Gasteiger partial charge < -0.3 is 9.63 Å². The fourth-order valence-electron chi connectivity index (χ4n) is 2.91. The molecule has 0 radical (unpaired) electrons. The lowest BCUT2D eigenvalue weighted by Gasteiger charge is -2.36. The van der Waals surface area contributed by atoms with Gasteiger partial charge in [0, 0.05) is 6.54 Å². The SMILES string of the molecule is Cc1noc2ncc(S(=O)(=O)N3CCCC[C@H]3[C@@H](C)O)cc12. The van der Waals surface area contributed by atoms with E-state index in [1.807, 2.05) is 0 Å². The molecule has 1 aliphatic rings. The standard InChI is InChI=1S/C14H19N3O4S/c1-9-12-7-11(8-15-14(12)21-16-9)22(19,20)17-6-4-3-5-13(17)10(2)18/h7-8,10,13,18H,3-6H2,1-2H3/t10-,13+/m1/s1. The molecule has 7 nitrogen and oxygen atoms in total. The molecule has 0 saturated carbocycles. The number of aliphatic hydroxyl groups excluding tert-OH is 1. The van der Waals surface area contributed by atoms with Crippen LogP contribution in [0.2, 0.25) is 0 Å². The molecule has 2 aromatic rings. The number of piperidine rings is 1. The Morgan fingerprint density at radius 2 is 2.23 bits per heavy atom. The van der Waals surface area contributed by atoms with E-state index >= 15 is 0 Å². The molecule has 0 unspecified atom stereocenters. The Bertz CT molecular complexity index is 784. The van der Waals surface area contributed by atoms with Crippen LogP contribution in [0, 0.1) is 6.92 Å². The Morgan fingerprint density at radius 3 is 2.95 bits per heavy atom. The first kappa shape index (κ1) is 15.4. The van der Waals surface area contributed by atoms with Crippen molar-refractivity contribution in [1.82, 2.24) is 14.4 Å². The summed E-state index contributed by atoms with van der Waals surface area (Å²) in [5.41, 5.74) is 0.924. The van der Waals surface area contributed by atoms with Gasteiger partial charge in [0.1, 0.15) is 4.90 Å². The zero-order valence-electron chi connectivity index (χ0n) is 12.6. The highest BCUT2D eigenvalue weighted by Crippen LogP contribution is 2.28. The first-order valence-electron chi connectivity index (χ1n) is 7.33. The number of sulfonamides is 1. The Labute approximate surface area is 129 Å². The van der Waals surface area contributed by atoms with Gasteiger partial charge in [-0.2, -0.15) is 4.31 Å². The third kappa shape index (κ3) is 2.51. The summed E-state index contributed by atoms with van der Waals surface area (Å²) < 4.78 is 32.2. The van der Waals surface area contributed by atoms with Gasteiger partial charge in [-0.05, 0) is 32.8 Å². The number of aromatic nitrogens is 2. The van der Waals surface area contributed by atoms with Gasteiger partial charge in [-0.1, -0.05) is 11.6 Å². The lowest BCUT2D eigenvalue weighted by Crippen LogP contribution is -2.48. The Hall–Kier alpha value is -1.51. The number of aliphatic hydroxyl groups is 1. The monoisotopic (exact) mass is 325 g/mol. The number of aryl methyl sites for hydroxylation is 1. The maximum Gasteiger partial charge on any atom is 0.257 e. The van der Waals surface area contributed by atoms with E-state index in [0.717, 1.165) is 12.8 Å². The molecule has 3 rings (SSSR count). The van der Waals surface area contributed by atoms with Gasteiger partial charge in [0.05, 0.1) is 29.4 Å². The molecule has 3 heterocycles. The predicted octanol–water partition coefficient (Wildman–Crippen LogP) is 1.46. The van der Waals surface area contributed by atoms with Gasteiger partial charge in [-0.3, -0.25) is 0 Å². The quantitative estimate of drug-likeness (QED) is 0.917. The van der Waals surface area contributed by atoms with Crippen LogP contribution in [0.1, 0.15) is 31.9 Å². The highest BCUT2D eigenvalue weighted by molar-refractivity contribution is 7.89. The summed E-state index contributed by atoms with van der Waals surface area (Å²) in [4.78, 5) is 4.15. The van der Waals surface area contributed by atoms with Crippen LogP contribution in [-0.4, -0.2) is 46.7 Å². The molecule has 120 valence electrons. The minimum absolute atomic E-state index is 0.110. The smallest absolute Gasteiger partial charge is 0.257 e. The molecule has 1 fully saturated rings. The van der Waals surface area contributed by atoms with Crippen LogP contribution >= 0.6 is 0 Å². The van der Waals surface area contributed by atoms with Crippen molar-refractivity contribution in [1.29, 1.82) is 0 Å². The molecular formula is C14H19N3O4S. The van der Waals surface area contributed by atoms with Crippen molar-refractivity contribution >= 4 is 21.1 Å². The van der Waals surface area contributed by atoms with Gasteiger partial charge in [0.25, 0.3) is 5.71 Å². The molecule has 22 heavy (non-hydrogen) atoms. The molecule has 0 bridgehead atoms. The summed E-state index contributed by atoms with van der Waals surface area (Å²) in [6, 6.07) is 1.15. The zero-order chi connectivity index (χ0) is 15.9. The Morgan fingerprint density at radius 1 is 1.45 bits per heavy atom. The maximum absolute atomic E-state index is 12.9. The van der Waals surface area contributed by atoms with Gasteiger partial charge in [-0.25, -0.2) is 13.4 Å². The van der Waals surface area contributed by atoms with Crippen LogP contribution < -0.4 is 0 Å². The molecule has 8 heteroatoms. The molecule has 2 aromatic heterocycles. The van der Waals surface area contributed by atoms with Gasteiger partial charge in [0.15, 0.2) is 0 Å². The van der Waals surface area contributed by atoms with E-state index in [1.165, 1.54) is 16.6 Å². The van der Waals surface area contributed by atoms with Crippen molar-refractivity contribution in [2.75, 3.05) is 6.54 Å². The average Bonchev–Trinajstić information content (AvgIpc) is 2.88. The van der Waals surface area contributed by atoms with E-state index < -0.39 is 22.2 Å². The third-order valence-corrected chi connectivity index (χ3v) is 6.04. The molecule has 0 amide bonds. The number of rotatable bonds is 3. The lowest BCUT2D eigenvalue weighted by molar-refractivity contribution is 0.0831. The van der Waals surface area contributed by atoms with Gasteiger partial charge in [0.2, 0.25) is 10.0 Å². The van der Waals surface area contributed by atoms with E-state index in [0.29, 0.717) is 29.8 Å². The van der Waals surface area contributed by atoms with Crippen LogP contribution in [-0.2, 0) is 10.0 Å². The first-order valence-corrected chi connectivity index (χ1v) is 8.77. The fourth-order valence-corrected chi connectivity index (χ4v) is 4.64. The Kier molecular flexibility index (Phi) is 3.92. The minimum Gasteiger partial charge on any atom is -0.392 e. The Balaban J connectivity index is 2.04. The number of hydrogen-bond donors (Lipinski definition) is 1. The van der Waals surface area contributed by atoms with Crippen LogP contribution in [0.15, 0.2) is 21.7 Å². The molecule has 2 atom stereocenters. The number of pyridine rings is 1. The van der Waals surface area contributed by atoms with E-state index in [1.54, 1.807) is 13.8 Å². The average molecular weight is 325 g/mol. The molecular weight excluding hydrogens is 306 g/mol. The van der Waals surface area contributed by atoms with Gasteiger partial charge in [-0.15, -0.1) is 0 Å². The second-order valence-electron chi connectivity index (χ2n) is 5.71. The van der Waals surface area contributed by atoms with Crippen molar-refractivity contribution in [3.8, 4) is 0 Å². The van der Waals surface area contributed by atoms with Crippen molar-refractivity contribution in [3.63, 3.8) is 0 Å². The van der Waals surface area contributed by atoms with Crippen molar-refractivity contribution < 1.29 is 18.0 Å². The van der Waals surface area contributed by atoms with Crippen LogP contribution in [0.25, 0.3) is 11.1 Å². The van der Waals surface area contributed by atoms with Gasteiger partial charge >= 0.3 is 0 Å². The molecule has 1 saturated heterocycles. The topological polar surface area (TPSA) is 96.5 Å². The molecule has 0 aromatic carbocycles. The summed E-state index contributed by atoms with van der Waals surface area (Å²) in [7, 11) is -3.70. The lowest BCUT2D eigenvalue weighted by atomic mass is 10.0. The van der Waals surface area contributed by atoms with Crippen molar-refractivity contribution in [3.05, 3.63) is 18.0 Å². The van der Waals surface area contributed by atoms with Crippen LogP contribution in [0.5, 0.6) is 0 Å². The fraction of sp³-hybridized carbons (Fsp3) is 0.571. The van der Waals surface area contributed by atoms with E-state index in [2.05, 4.69) is 10.1 Å². The van der Waals surface area contributed by atoms with Crippen LogP contribution in [0.4, 0.5) is 0 Å². The van der Waals surface area contributed by atoms with E-state index in [4.69, 9.17) is 4.52 Å². The van der Waals surface area contributed by atoms with Crippen molar-refractivity contribution in [2.45, 2.75) is 50.2 Å². The maximum atomic E-state index is 12.9.